The Hall–Kier alpha value is -3.75. The Kier molecular flexibility index (Phi) is 7.56. The first kappa shape index (κ1) is 29.2. The van der Waals surface area contributed by atoms with Crippen LogP contribution in [-0.2, 0) is 40.0 Å². The van der Waals surface area contributed by atoms with Gasteiger partial charge in [-0.2, -0.15) is 8.42 Å². The molecule has 4 N–H and O–H groups in total. The molecule has 0 aromatic heterocycles. The number of carboxylic acids is 1. The number of Topliss-reactive ketones (excluding diaryl/α,β-unsaturated/α-hetero) is 1. The average Bonchev–Trinajstić information content (AvgIpc) is 2.85. The highest BCUT2D eigenvalue weighted by molar-refractivity contribution is 7.92. The van der Waals surface area contributed by atoms with Gasteiger partial charge in [-0.3, -0.25) is 9.52 Å². The molecule has 0 radical (unpaired) electrons. The van der Waals surface area contributed by atoms with E-state index in [1.807, 2.05) is 13.8 Å². The highest BCUT2D eigenvalue weighted by atomic mass is 32.2. The quantitative estimate of drug-likeness (QED) is 0.337. The minimum atomic E-state index is -4.48. The van der Waals surface area contributed by atoms with Gasteiger partial charge in [-0.1, -0.05) is 38.1 Å². The molecule has 0 spiro atoms. The van der Waals surface area contributed by atoms with Gasteiger partial charge in [-0.15, -0.1) is 4.40 Å². The van der Waals surface area contributed by atoms with Crippen LogP contribution in [0.5, 0.6) is 0 Å². The van der Waals surface area contributed by atoms with Crippen molar-refractivity contribution in [1.29, 1.82) is 0 Å². The number of ketones is 1. The van der Waals surface area contributed by atoms with Crippen LogP contribution in [0, 0.1) is 5.92 Å². The van der Waals surface area contributed by atoms with Gasteiger partial charge < -0.3 is 20.3 Å². The molecule has 0 amide bonds. The van der Waals surface area contributed by atoms with E-state index in [9.17, 15) is 36.6 Å². The second kappa shape index (κ2) is 10.3. The Labute approximate surface area is 231 Å². The number of nitrogens with one attached hydrogen (secondary N) is 2. The van der Waals surface area contributed by atoms with Crippen molar-refractivity contribution in [3.63, 3.8) is 0 Å². The minimum absolute atomic E-state index is 0.0105. The molecule has 2 aliphatic rings. The predicted octanol–water partition coefficient (Wildman–Crippen LogP) is 3.24. The summed E-state index contributed by atoms with van der Waals surface area (Å²) < 4.78 is 61.6. The molecule has 0 bridgehead atoms. The lowest BCUT2D eigenvalue weighted by Gasteiger charge is -2.40. The summed E-state index contributed by atoms with van der Waals surface area (Å²) in [7, 11) is -8.18. The number of hydrogen-bond donors (Lipinski definition) is 4. The Morgan fingerprint density at radius 2 is 1.85 bits per heavy atom. The summed E-state index contributed by atoms with van der Waals surface area (Å²) in [6.07, 6.45) is -0.0168. The number of aliphatic carboxylic acids is 1. The van der Waals surface area contributed by atoms with E-state index in [2.05, 4.69) is 14.4 Å². The Bertz CT molecular complexity index is 1680. The molecule has 1 aliphatic carbocycles. The number of carbonyl (C=O) groups is 2. The standard InChI is InChI=1S/C26H29N3O9S2/c1-14(2)11-12-26(38-15(3)25(32)33)18-8-6-5-7-17(18)22(30)21(23(26)31)24-27-19-10-9-16(28-39(4,34)35)13-20(19)40(36,37)29-24/h5-10,13-15,28,30H,11-12H2,1-4H3,(H,27,29)(H,32,33). The van der Waals surface area contributed by atoms with Crippen LogP contribution in [-0.4, -0.2) is 57.0 Å². The summed E-state index contributed by atoms with van der Waals surface area (Å²) in [5.74, 6) is -3.09. The number of carboxylic acid groups (broad SMARTS) is 1. The van der Waals surface area contributed by atoms with Crippen LogP contribution in [0.25, 0.3) is 5.76 Å². The largest absolute Gasteiger partial charge is 0.506 e. The predicted molar refractivity (Wildman–Crippen MR) is 148 cm³/mol. The molecule has 0 saturated carbocycles. The van der Waals surface area contributed by atoms with E-state index in [0.717, 1.165) is 12.3 Å². The molecule has 214 valence electrons. The number of sulfonamides is 2. The zero-order valence-electron chi connectivity index (χ0n) is 22.1. The highest BCUT2D eigenvalue weighted by Crippen LogP contribution is 2.46. The number of rotatable bonds is 9. The van der Waals surface area contributed by atoms with Gasteiger partial charge in [0, 0.05) is 16.8 Å². The summed E-state index contributed by atoms with van der Waals surface area (Å²) in [6.45, 7) is 5.13. The fourth-order valence-electron chi connectivity index (χ4n) is 4.64. The maximum absolute atomic E-state index is 14.3. The van der Waals surface area contributed by atoms with Gasteiger partial charge in [0.1, 0.15) is 16.2 Å². The first-order chi connectivity index (χ1) is 18.6. The van der Waals surface area contributed by atoms with E-state index in [-0.39, 0.29) is 39.7 Å². The third-order valence-corrected chi connectivity index (χ3v) is 8.43. The van der Waals surface area contributed by atoms with E-state index < -0.39 is 60.7 Å². The number of ether oxygens (including phenoxy) is 1. The number of hydrogen-bond acceptors (Lipinski definition) is 9. The fraction of sp³-hybridized carbons (Fsp3) is 0.346. The first-order valence-electron chi connectivity index (χ1n) is 12.3. The topological polar surface area (TPSA) is 189 Å². The lowest BCUT2D eigenvalue weighted by Crippen LogP contribution is -2.49. The van der Waals surface area contributed by atoms with E-state index in [4.69, 9.17) is 4.74 Å². The lowest BCUT2D eigenvalue weighted by atomic mass is 9.73. The maximum atomic E-state index is 14.3. The molecule has 1 aliphatic heterocycles. The molecule has 1 heterocycles. The second-order valence-electron chi connectivity index (χ2n) is 10.1. The third-order valence-electron chi connectivity index (χ3n) is 6.51. The van der Waals surface area contributed by atoms with E-state index in [1.54, 1.807) is 18.2 Å². The van der Waals surface area contributed by atoms with Crippen molar-refractivity contribution in [2.45, 2.75) is 50.2 Å². The van der Waals surface area contributed by atoms with Gasteiger partial charge in [0.15, 0.2) is 17.5 Å². The van der Waals surface area contributed by atoms with Gasteiger partial charge >= 0.3 is 5.97 Å². The van der Waals surface area contributed by atoms with Crippen LogP contribution >= 0.6 is 0 Å². The number of benzene rings is 2. The van der Waals surface area contributed by atoms with Crippen LogP contribution in [0.3, 0.4) is 0 Å². The van der Waals surface area contributed by atoms with Crippen molar-refractivity contribution in [3.8, 4) is 0 Å². The monoisotopic (exact) mass is 591 g/mol. The van der Waals surface area contributed by atoms with Gasteiger partial charge in [0.05, 0.1) is 11.9 Å². The van der Waals surface area contributed by atoms with Crippen LogP contribution in [0.2, 0.25) is 0 Å². The molecular formula is C26H29N3O9S2. The first-order valence-corrected chi connectivity index (χ1v) is 15.6. The zero-order chi connectivity index (χ0) is 29.6. The lowest BCUT2D eigenvalue weighted by molar-refractivity contribution is -0.170. The van der Waals surface area contributed by atoms with E-state index in [0.29, 0.717) is 6.42 Å². The van der Waals surface area contributed by atoms with E-state index >= 15 is 0 Å². The molecule has 0 fully saturated rings. The molecular weight excluding hydrogens is 562 g/mol. The van der Waals surface area contributed by atoms with Gasteiger partial charge in [-0.05, 0) is 43.9 Å². The number of amidine groups is 1. The van der Waals surface area contributed by atoms with Crippen molar-refractivity contribution < 1.29 is 41.4 Å². The number of carbonyl (C=O) groups excluding carboxylic acids is 1. The molecule has 40 heavy (non-hydrogen) atoms. The Morgan fingerprint density at radius 3 is 2.48 bits per heavy atom. The smallest absolute Gasteiger partial charge is 0.332 e. The minimum Gasteiger partial charge on any atom is -0.506 e. The number of nitrogens with zero attached hydrogens (tertiary/aromatic N) is 1. The normalized spacial score (nSPS) is 20.7. The number of anilines is 2. The average molecular weight is 592 g/mol. The molecule has 2 unspecified atom stereocenters. The van der Waals surface area contributed by atoms with Gasteiger partial charge in [-0.25, -0.2) is 13.2 Å². The zero-order valence-corrected chi connectivity index (χ0v) is 23.8. The SMILES string of the molecule is CC(C)CCC1(OC(C)C(=O)O)C(=O)C(C2=NS(=O)(=O)c3cc(NS(C)(=O)=O)ccc3N2)=C(O)c2ccccc21. The van der Waals surface area contributed by atoms with Crippen molar-refractivity contribution in [2.75, 3.05) is 16.3 Å². The third kappa shape index (κ3) is 5.46. The number of aliphatic hydroxyl groups excluding tert-OH is 1. The summed E-state index contributed by atoms with van der Waals surface area (Å²) in [6, 6.07) is 10.0. The van der Waals surface area contributed by atoms with Crippen LogP contribution in [0.15, 0.2) is 57.3 Å². The number of aliphatic hydroxyl groups is 1. The summed E-state index contributed by atoms with van der Waals surface area (Å²) in [4.78, 5) is 25.7. The van der Waals surface area contributed by atoms with Crippen LogP contribution in [0.1, 0.15) is 44.7 Å². The maximum Gasteiger partial charge on any atom is 0.332 e. The second-order valence-corrected chi connectivity index (χ2v) is 13.4. The van der Waals surface area contributed by atoms with Crippen LogP contribution < -0.4 is 10.0 Å². The summed E-state index contributed by atoms with van der Waals surface area (Å²) >= 11 is 0. The molecule has 12 nitrogen and oxygen atoms in total. The van der Waals surface area contributed by atoms with Crippen molar-refractivity contribution in [2.24, 2.45) is 10.3 Å². The molecule has 2 aromatic carbocycles. The van der Waals surface area contributed by atoms with Crippen LogP contribution in [0.4, 0.5) is 11.4 Å². The molecule has 4 rings (SSSR count). The van der Waals surface area contributed by atoms with Crippen molar-refractivity contribution >= 4 is 54.8 Å². The van der Waals surface area contributed by atoms with Gasteiger partial charge in [0.2, 0.25) is 15.8 Å². The molecule has 2 atom stereocenters. The van der Waals surface area contributed by atoms with E-state index in [1.165, 1.54) is 25.1 Å². The fourth-order valence-corrected chi connectivity index (χ4v) is 6.34. The molecule has 0 saturated heterocycles. The Morgan fingerprint density at radius 1 is 1.18 bits per heavy atom. The Balaban J connectivity index is 1.90. The number of fused-ring (bicyclic) bond motifs is 2. The summed E-state index contributed by atoms with van der Waals surface area (Å²) in [5, 5.41) is 23.7. The van der Waals surface area contributed by atoms with Crippen molar-refractivity contribution in [3.05, 3.63) is 59.2 Å². The van der Waals surface area contributed by atoms with Gasteiger partial charge in [0.25, 0.3) is 10.0 Å². The summed E-state index contributed by atoms with van der Waals surface area (Å²) in [5.41, 5.74) is -1.95. The highest BCUT2D eigenvalue weighted by Gasteiger charge is 2.52. The molecule has 14 heteroatoms. The van der Waals surface area contributed by atoms with Crippen molar-refractivity contribution in [1.82, 2.24) is 0 Å². The molecule has 2 aromatic rings.